The highest BCUT2D eigenvalue weighted by Crippen LogP contribution is 1.78. The van der Waals surface area contributed by atoms with E-state index in [1.165, 1.54) is 0 Å². The molecular formula is C5H12N2. The first-order chi connectivity index (χ1) is 3.31. The summed E-state index contributed by atoms with van der Waals surface area (Å²) in [7, 11) is 1.84. The van der Waals surface area contributed by atoms with Crippen LogP contribution in [0, 0.1) is 0 Å². The average molecular weight is 100 g/mol. The Morgan fingerprint density at radius 3 is 2.29 bits per heavy atom. The topological polar surface area (TPSA) is 24.1 Å². The highest BCUT2D eigenvalue weighted by atomic mass is 15.3. The van der Waals surface area contributed by atoms with Crippen molar-refractivity contribution >= 4 is 0 Å². The maximum Gasteiger partial charge on any atom is 0.0188 e. The van der Waals surface area contributed by atoms with Gasteiger partial charge in [0, 0.05) is 12.7 Å². The molecule has 2 nitrogen and oxygen atoms in total. The summed E-state index contributed by atoms with van der Waals surface area (Å²) in [6.07, 6.45) is 2.00. The van der Waals surface area contributed by atoms with Crippen LogP contribution in [0.15, 0.2) is 11.8 Å². The highest BCUT2D eigenvalue weighted by Gasteiger charge is 1.74. The van der Waals surface area contributed by atoms with Crippen LogP contribution in [-0.4, -0.2) is 7.05 Å². The molecule has 0 rings (SSSR count). The summed E-state index contributed by atoms with van der Waals surface area (Å²) in [5, 5.41) is 0. The summed E-state index contributed by atoms with van der Waals surface area (Å²) in [6, 6.07) is 0. The second-order valence-electron chi connectivity index (χ2n) is 1.35. The molecule has 0 aromatic heterocycles. The monoisotopic (exact) mass is 100 g/mol. The van der Waals surface area contributed by atoms with Gasteiger partial charge in [-0.05, 0) is 13.8 Å². The van der Waals surface area contributed by atoms with E-state index in [4.69, 9.17) is 0 Å². The van der Waals surface area contributed by atoms with Crippen LogP contribution in [0.1, 0.15) is 13.8 Å². The van der Waals surface area contributed by atoms with Crippen molar-refractivity contribution < 1.29 is 0 Å². The lowest BCUT2D eigenvalue weighted by molar-refractivity contribution is 0.688. The van der Waals surface area contributed by atoms with Crippen molar-refractivity contribution in [3.63, 3.8) is 0 Å². The van der Waals surface area contributed by atoms with Crippen LogP contribution in [-0.2, 0) is 0 Å². The van der Waals surface area contributed by atoms with Crippen molar-refractivity contribution in [1.82, 2.24) is 10.9 Å². The lowest BCUT2D eigenvalue weighted by Gasteiger charge is -1.99. The summed E-state index contributed by atoms with van der Waals surface area (Å²) >= 11 is 0. The number of hydrogen-bond acceptors (Lipinski definition) is 2. The van der Waals surface area contributed by atoms with Crippen LogP contribution in [0.4, 0.5) is 0 Å². The zero-order valence-corrected chi connectivity index (χ0v) is 5.08. The Morgan fingerprint density at radius 1 is 1.57 bits per heavy atom. The quantitative estimate of drug-likeness (QED) is 0.497. The van der Waals surface area contributed by atoms with Gasteiger partial charge in [0.1, 0.15) is 0 Å². The molecule has 0 aliphatic rings. The van der Waals surface area contributed by atoms with Gasteiger partial charge in [-0.3, -0.25) is 0 Å². The summed E-state index contributed by atoms with van der Waals surface area (Å²) in [6.45, 7) is 3.98. The van der Waals surface area contributed by atoms with Crippen LogP contribution in [0.25, 0.3) is 0 Å². The molecule has 0 aromatic carbocycles. The fraction of sp³-hybridized carbons (Fsp3) is 0.600. The molecule has 0 aliphatic carbocycles. The molecule has 0 fully saturated rings. The number of rotatable bonds is 2. The largest absolute Gasteiger partial charge is 0.326 e. The van der Waals surface area contributed by atoms with Crippen LogP contribution >= 0.6 is 0 Å². The zero-order chi connectivity index (χ0) is 5.70. The molecule has 0 saturated carbocycles. The first-order valence-electron chi connectivity index (χ1n) is 2.37. The van der Waals surface area contributed by atoms with E-state index < -0.39 is 0 Å². The Labute approximate surface area is 44.6 Å². The summed E-state index contributed by atoms with van der Waals surface area (Å²) < 4.78 is 0. The van der Waals surface area contributed by atoms with E-state index in [2.05, 4.69) is 10.9 Å². The summed E-state index contributed by atoms with van der Waals surface area (Å²) in [4.78, 5) is 0. The third-order valence-electron chi connectivity index (χ3n) is 0.755. The Balaban J connectivity index is 3.17. The first kappa shape index (κ1) is 6.50. The second kappa shape index (κ2) is 3.68. The smallest absolute Gasteiger partial charge is 0.0188 e. The van der Waals surface area contributed by atoms with Gasteiger partial charge in [-0.2, -0.15) is 0 Å². The number of nitrogens with one attached hydrogen (secondary N) is 2. The highest BCUT2D eigenvalue weighted by molar-refractivity contribution is 4.89. The van der Waals surface area contributed by atoms with Gasteiger partial charge in [-0.15, -0.1) is 0 Å². The van der Waals surface area contributed by atoms with E-state index in [1.807, 2.05) is 27.0 Å². The standard InChI is InChI=1S/C5H12N2/c1-4-5(2)7-6-3/h4,6-7H,1-3H3/b5-4+. The normalized spacial score (nSPS) is 11.6. The third-order valence-corrected chi connectivity index (χ3v) is 0.755. The number of hydrogen-bond donors (Lipinski definition) is 2. The second-order valence-corrected chi connectivity index (χ2v) is 1.35. The minimum atomic E-state index is 1.14. The summed E-state index contributed by atoms with van der Waals surface area (Å²) in [5.74, 6) is 0. The van der Waals surface area contributed by atoms with Gasteiger partial charge in [0.2, 0.25) is 0 Å². The molecule has 0 aromatic rings. The Hall–Kier alpha value is -0.500. The van der Waals surface area contributed by atoms with Crippen molar-refractivity contribution in [2.75, 3.05) is 7.05 Å². The third kappa shape index (κ3) is 3.33. The van der Waals surface area contributed by atoms with E-state index in [0.29, 0.717) is 0 Å². The molecule has 7 heavy (non-hydrogen) atoms. The lowest BCUT2D eigenvalue weighted by Crippen LogP contribution is -2.24. The summed E-state index contributed by atoms with van der Waals surface area (Å²) in [5.41, 5.74) is 6.85. The molecule has 2 N–H and O–H groups in total. The molecule has 0 radical (unpaired) electrons. The molecule has 0 amide bonds. The van der Waals surface area contributed by atoms with Crippen molar-refractivity contribution in [2.45, 2.75) is 13.8 Å². The molecule has 2 heteroatoms. The van der Waals surface area contributed by atoms with E-state index in [1.54, 1.807) is 0 Å². The minimum absolute atomic E-state index is 1.14. The SMILES string of the molecule is C/C=C(\C)NNC. The fourth-order valence-electron chi connectivity index (χ4n) is 0.269. The van der Waals surface area contributed by atoms with Gasteiger partial charge >= 0.3 is 0 Å². The predicted octanol–water partition coefficient (Wildman–Crippen LogP) is 0.634. The van der Waals surface area contributed by atoms with Crippen molar-refractivity contribution in [3.8, 4) is 0 Å². The number of allylic oxidation sites excluding steroid dienone is 2. The van der Waals surface area contributed by atoms with E-state index in [0.717, 1.165) is 5.70 Å². The van der Waals surface area contributed by atoms with Gasteiger partial charge in [0.25, 0.3) is 0 Å². The van der Waals surface area contributed by atoms with Gasteiger partial charge in [0.15, 0.2) is 0 Å². The molecular weight excluding hydrogens is 88.1 g/mol. The molecule has 0 saturated heterocycles. The van der Waals surface area contributed by atoms with Crippen LogP contribution in [0.5, 0.6) is 0 Å². The maximum absolute atomic E-state index is 2.91. The van der Waals surface area contributed by atoms with Crippen LogP contribution in [0.3, 0.4) is 0 Å². The minimum Gasteiger partial charge on any atom is -0.326 e. The Bertz CT molecular complexity index is 66.5. The molecule has 0 aliphatic heterocycles. The van der Waals surface area contributed by atoms with Crippen LogP contribution in [0.2, 0.25) is 0 Å². The average Bonchev–Trinajstić information content (AvgIpc) is 1.68. The molecule has 0 atom stereocenters. The van der Waals surface area contributed by atoms with E-state index >= 15 is 0 Å². The van der Waals surface area contributed by atoms with E-state index in [-0.39, 0.29) is 0 Å². The molecule has 0 bridgehead atoms. The van der Waals surface area contributed by atoms with Gasteiger partial charge in [-0.1, -0.05) is 6.08 Å². The van der Waals surface area contributed by atoms with Crippen molar-refractivity contribution in [3.05, 3.63) is 11.8 Å². The fourth-order valence-corrected chi connectivity index (χ4v) is 0.269. The molecule has 42 valence electrons. The van der Waals surface area contributed by atoms with E-state index in [9.17, 15) is 0 Å². The van der Waals surface area contributed by atoms with Gasteiger partial charge in [0.05, 0.1) is 0 Å². The van der Waals surface area contributed by atoms with Gasteiger partial charge < -0.3 is 5.43 Å². The Kier molecular flexibility index (Phi) is 3.42. The Morgan fingerprint density at radius 2 is 2.14 bits per heavy atom. The first-order valence-corrected chi connectivity index (χ1v) is 2.37. The van der Waals surface area contributed by atoms with Crippen molar-refractivity contribution in [2.24, 2.45) is 0 Å². The van der Waals surface area contributed by atoms with Gasteiger partial charge in [-0.25, -0.2) is 5.43 Å². The zero-order valence-electron chi connectivity index (χ0n) is 5.08. The molecule has 0 unspecified atom stereocenters. The van der Waals surface area contributed by atoms with Crippen LogP contribution < -0.4 is 10.9 Å². The molecule has 0 spiro atoms. The lowest BCUT2D eigenvalue weighted by atomic mass is 10.5. The maximum atomic E-state index is 2.91. The number of hydrazine groups is 1. The molecule has 0 heterocycles. The van der Waals surface area contributed by atoms with Crippen molar-refractivity contribution in [1.29, 1.82) is 0 Å². The predicted molar refractivity (Wildman–Crippen MR) is 31.6 cm³/mol.